The highest BCUT2D eigenvalue weighted by molar-refractivity contribution is 9.10. The van der Waals surface area contributed by atoms with Gasteiger partial charge in [0.15, 0.2) is 0 Å². The minimum atomic E-state index is -4.52. The van der Waals surface area contributed by atoms with E-state index in [1.54, 1.807) is 12.1 Å². The molecule has 1 heterocycles. The fourth-order valence-corrected chi connectivity index (χ4v) is 1.88. The minimum Gasteiger partial charge on any atom is -0.335 e. The number of hydrogen-bond acceptors (Lipinski definition) is 2. The molecule has 84 valence electrons. The van der Waals surface area contributed by atoms with E-state index in [-0.39, 0.29) is 4.64 Å². The van der Waals surface area contributed by atoms with Gasteiger partial charge in [0.05, 0.1) is 5.52 Å². The van der Waals surface area contributed by atoms with Gasteiger partial charge in [-0.2, -0.15) is 13.2 Å². The van der Waals surface area contributed by atoms with Crippen molar-refractivity contribution in [3.63, 3.8) is 0 Å². The summed E-state index contributed by atoms with van der Waals surface area (Å²) >= 11 is 8.03. The number of aromatic nitrogens is 2. The largest absolute Gasteiger partial charge is 0.449 e. The van der Waals surface area contributed by atoms with Gasteiger partial charge in [-0.05, 0) is 18.2 Å². The number of aromatic amines is 1. The summed E-state index contributed by atoms with van der Waals surface area (Å²) in [6, 6.07) is 4.78. The van der Waals surface area contributed by atoms with Crippen LogP contribution in [0.15, 0.2) is 22.7 Å². The van der Waals surface area contributed by atoms with Gasteiger partial charge in [-0.3, -0.25) is 0 Å². The van der Waals surface area contributed by atoms with Crippen molar-refractivity contribution in [2.45, 2.75) is 6.18 Å². The number of halogens is 4. The summed E-state index contributed by atoms with van der Waals surface area (Å²) in [4.78, 5) is 5.54. The van der Waals surface area contributed by atoms with E-state index in [0.29, 0.717) is 10.9 Å². The molecule has 0 bridgehead atoms. The van der Waals surface area contributed by atoms with Crippen LogP contribution in [0.5, 0.6) is 0 Å². The Hall–Kier alpha value is -0.950. The number of nitrogens with zero attached hydrogens (tertiary/aromatic N) is 1. The number of H-pyrrole nitrogens is 1. The van der Waals surface area contributed by atoms with E-state index in [9.17, 15) is 13.2 Å². The Morgan fingerprint density at radius 1 is 1.31 bits per heavy atom. The van der Waals surface area contributed by atoms with Gasteiger partial charge in [0.1, 0.15) is 4.64 Å². The van der Waals surface area contributed by atoms with E-state index in [0.717, 1.165) is 4.47 Å². The molecule has 2 aromatic rings. The van der Waals surface area contributed by atoms with Crippen LogP contribution in [-0.2, 0) is 6.18 Å². The third kappa shape index (κ3) is 2.10. The summed E-state index contributed by atoms with van der Waals surface area (Å²) in [5.41, 5.74) is 0.315. The average Bonchev–Trinajstić information content (AvgIpc) is 2.17. The molecule has 7 heteroatoms. The van der Waals surface area contributed by atoms with Gasteiger partial charge in [-0.15, -0.1) is 0 Å². The first-order valence-corrected chi connectivity index (χ1v) is 5.35. The quantitative estimate of drug-likeness (QED) is 0.743. The minimum absolute atomic E-state index is 0.0672. The van der Waals surface area contributed by atoms with E-state index < -0.39 is 12.0 Å². The maximum absolute atomic E-state index is 12.4. The number of benzene rings is 1. The molecular formula is C9H4BrF3N2S. The molecule has 0 saturated carbocycles. The smallest absolute Gasteiger partial charge is 0.335 e. The highest BCUT2D eigenvalue weighted by Gasteiger charge is 2.34. The van der Waals surface area contributed by atoms with Crippen molar-refractivity contribution in [1.29, 1.82) is 0 Å². The van der Waals surface area contributed by atoms with Gasteiger partial charge in [0.2, 0.25) is 5.82 Å². The highest BCUT2D eigenvalue weighted by atomic mass is 79.9. The highest BCUT2D eigenvalue weighted by Crippen LogP contribution is 2.28. The fraction of sp³-hybridized carbons (Fsp3) is 0.111. The molecule has 0 spiro atoms. The Bertz CT molecular complexity index is 606. The van der Waals surface area contributed by atoms with Crippen LogP contribution in [0.1, 0.15) is 5.82 Å². The first-order valence-electron chi connectivity index (χ1n) is 4.15. The number of hydrogen-bond donors (Lipinski definition) is 1. The molecule has 0 radical (unpaired) electrons. The molecule has 0 saturated heterocycles. The standard InChI is InChI=1S/C9H4BrF3N2S/c10-4-1-2-6-5(3-4)7(16)15-8(14-6)9(11,12)13/h1-3H,(H,14,15,16). The molecule has 0 aliphatic rings. The SMILES string of the molecule is FC(F)(F)c1nc(=S)c2cc(Br)ccc2[nH]1. The number of alkyl halides is 3. The number of rotatable bonds is 0. The predicted octanol–water partition coefficient (Wildman–Crippen LogP) is 4.07. The topological polar surface area (TPSA) is 28.7 Å². The first kappa shape index (κ1) is 11.5. The van der Waals surface area contributed by atoms with Gasteiger partial charge >= 0.3 is 6.18 Å². The van der Waals surface area contributed by atoms with Crippen LogP contribution in [0.4, 0.5) is 13.2 Å². The van der Waals surface area contributed by atoms with Crippen LogP contribution in [0.3, 0.4) is 0 Å². The Morgan fingerprint density at radius 2 is 2.00 bits per heavy atom. The molecule has 1 N–H and O–H groups in total. The Kier molecular flexibility index (Phi) is 2.75. The summed E-state index contributed by atoms with van der Waals surface area (Å²) in [5.74, 6) is -1.08. The van der Waals surface area contributed by atoms with E-state index in [1.165, 1.54) is 6.07 Å². The van der Waals surface area contributed by atoms with E-state index in [4.69, 9.17) is 12.2 Å². The van der Waals surface area contributed by atoms with Crippen LogP contribution in [0.25, 0.3) is 10.9 Å². The third-order valence-corrected chi connectivity index (χ3v) is 2.75. The Morgan fingerprint density at radius 3 is 2.62 bits per heavy atom. The molecule has 0 aliphatic heterocycles. The van der Waals surface area contributed by atoms with Crippen molar-refractivity contribution in [3.8, 4) is 0 Å². The van der Waals surface area contributed by atoms with Gasteiger partial charge in [-0.25, -0.2) is 4.98 Å². The second-order valence-corrected chi connectivity index (χ2v) is 4.38. The maximum atomic E-state index is 12.4. The summed E-state index contributed by atoms with van der Waals surface area (Å²) in [6.07, 6.45) is -4.52. The summed E-state index contributed by atoms with van der Waals surface area (Å²) < 4.78 is 37.9. The molecule has 16 heavy (non-hydrogen) atoms. The molecule has 0 fully saturated rings. The Labute approximate surface area is 102 Å². The third-order valence-electron chi connectivity index (χ3n) is 1.95. The molecule has 1 aromatic carbocycles. The zero-order valence-corrected chi connectivity index (χ0v) is 10.0. The average molecular weight is 309 g/mol. The molecule has 0 aliphatic carbocycles. The van der Waals surface area contributed by atoms with Gasteiger partial charge in [0.25, 0.3) is 0 Å². The molecule has 0 amide bonds. The summed E-state index contributed by atoms with van der Waals surface area (Å²) in [7, 11) is 0. The lowest BCUT2D eigenvalue weighted by Gasteiger charge is -2.07. The van der Waals surface area contributed by atoms with Crippen molar-refractivity contribution < 1.29 is 13.2 Å². The molecular weight excluding hydrogens is 305 g/mol. The van der Waals surface area contributed by atoms with Crippen LogP contribution in [0, 0.1) is 4.64 Å². The molecule has 0 atom stereocenters. The van der Waals surface area contributed by atoms with Crippen molar-refractivity contribution in [2.75, 3.05) is 0 Å². The molecule has 2 nitrogen and oxygen atoms in total. The zero-order valence-electron chi connectivity index (χ0n) is 7.60. The second kappa shape index (κ2) is 3.81. The predicted molar refractivity (Wildman–Crippen MR) is 59.6 cm³/mol. The van der Waals surface area contributed by atoms with E-state index in [1.807, 2.05) is 0 Å². The van der Waals surface area contributed by atoms with E-state index >= 15 is 0 Å². The van der Waals surface area contributed by atoms with Crippen molar-refractivity contribution in [1.82, 2.24) is 9.97 Å². The van der Waals surface area contributed by atoms with Crippen LogP contribution >= 0.6 is 28.1 Å². The van der Waals surface area contributed by atoms with Crippen LogP contribution in [-0.4, -0.2) is 9.97 Å². The van der Waals surface area contributed by atoms with Gasteiger partial charge < -0.3 is 4.98 Å². The normalized spacial score (nSPS) is 12.0. The lowest BCUT2D eigenvalue weighted by molar-refractivity contribution is -0.144. The number of fused-ring (bicyclic) bond motifs is 1. The number of nitrogens with one attached hydrogen (secondary N) is 1. The van der Waals surface area contributed by atoms with Crippen LogP contribution < -0.4 is 0 Å². The zero-order chi connectivity index (χ0) is 11.9. The monoisotopic (exact) mass is 308 g/mol. The summed E-state index contributed by atoms with van der Waals surface area (Å²) in [6.45, 7) is 0. The first-order chi connectivity index (χ1) is 7.38. The van der Waals surface area contributed by atoms with Gasteiger partial charge in [-0.1, -0.05) is 28.1 Å². The van der Waals surface area contributed by atoms with Gasteiger partial charge in [0, 0.05) is 9.86 Å². The lowest BCUT2D eigenvalue weighted by Crippen LogP contribution is -2.11. The second-order valence-electron chi connectivity index (χ2n) is 3.08. The summed E-state index contributed by atoms with van der Waals surface area (Å²) in [5, 5.41) is 0.484. The molecule has 1 aromatic heterocycles. The van der Waals surface area contributed by atoms with Crippen LogP contribution in [0.2, 0.25) is 0 Å². The Balaban J connectivity index is 2.79. The van der Waals surface area contributed by atoms with Crippen molar-refractivity contribution in [3.05, 3.63) is 33.1 Å². The van der Waals surface area contributed by atoms with Crippen molar-refractivity contribution in [2.24, 2.45) is 0 Å². The van der Waals surface area contributed by atoms with Crippen molar-refractivity contribution >= 4 is 39.1 Å². The lowest BCUT2D eigenvalue weighted by atomic mass is 10.2. The molecule has 0 unspecified atom stereocenters. The van der Waals surface area contributed by atoms with E-state index in [2.05, 4.69) is 25.9 Å². The molecule has 2 rings (SSSR count). The fourth-order valence-electron chi connectivity index (χ4n) is 1.25. The maximum Gasteiger partial charge on any atom is 0.449 e.